The van der Waals surface area contributed by atoms with Crippen molar-refractivity contribution in [2.75, 3.05) is 6.61 Å². The number of rotatable bonds is 5. The lowest BCUT2D eigenvalue weighted by Crippen LogP contribution is -2.09. The van der Waals surface area contributed by atoms with Crippen molar-refractivity contribution < 1.29 is 14.6 Å². The van der Waals surface area contributed by atoms with Crippen molar-refractivity contribution in [3.63, 3.8) is 0 Å². The van der Waals surface area contributed by atoms with Crippen LogP contribution in [0.25, 0.3) is 5.69 Å². The van der Waals surface area contributed by atoms with Gasteiger partial charge in [-0.05, 0) is 41.6 Å². The Morgan fingerprint density at radius 3 is 2.72 bits per heavy atom. The molecule has 2 aromatic rings. The first-order valence-electron chi connectivity index (χ1n) is 5.43. The van der Waals surface area contributed by atoms with Crippen LogP contribution in [0.5, 0.6) is 5.75 Å². The van der Waals surface area contributed by atoms with Gasteiger partial charge in [-0.15, -0.1) is 5.10 Å². The monoisotopic (exact) mass is 248 g/mol. The molecule has 0 aliphatic heterocycles. The number of carboxylic acid groups (broad SMARTS) is 1. The van der Waals surface area contributed by atoms with Crippen molar-refractivity contribution in [2.45, 2.75) is 13.3 Å². The fourth-order valence-corrected chi connectivity index (χ4v) is 1.50. The Balaban J connectivity index is 2.25. The molecule has 0 saturated carbocycles. The third kappa shape index (κ3) is 2.62. The molecular formula is C11H12N4O3. The second kappa shape index (κ2) is 5.26. The predicted molar refractivity (Wildman–Crippen MR) is 61.7 cm³/mol. The van der Waals surface area contributed by atoms with Crippen LogP contribution in [-0.2, 0) is 11.2 Å². The van der Waals surface area contributed by atoms with E-state index in [2.05, 4.69) is 15.5 Å². The SMILES string of the molecule is CCOc1ccc(-n2nnnc2CC(=O)O)cc1. The van der Waals surface area contributed by atoms with Gasteiger partial charge in [0.2, 0.25) is 0 Å². The van der Waals surface area contributed by atoms with E-state index >= 15 is 0 Å². The highest BCUT2D eigenvalue weighted by Gasteiger charge is 2.11. The topological polar surface area (TPSA) is 90.1 Å². The summed E-state index contributed by atoms with van der Waals surface area (Å²) in [5, 5.41) is 19.7. The number of carbonyl (C=O) groups is 1. The molecule has 0 aliphatic rings. The number of aromatic nitrogens is 4. The molecular weight excluding hydrogens is 236 g/mol. The molecule has 94 valence electrons. The van der Waals surface area contributed by atoms with E-state index in [1.165, 1.54) is 4.68 Å². The van der Waals surface area contributed by atoms with Gasteiger partial charge in [-0.2, -0.15) is 4.68 Å². The third-order valence-electron chi connectivity index (χ3n) is 2.24. The van der Waals surface area contributed by atoms with Crippen LogP contribution in [0.4, 0.5) is 0 Å². The van der Waals surface area contributed by atoms with Crippen LogP contribution < -0.4 is 4.74 Å². The van der Waals surface area contributed by atoms with E-state index < -0.39 is 5.97 Å². The van der Waals surface area contributed by atoms with Crippen LogP contribution in [0.2, 0.25) is 0 Å². The Hall–Kier alpha value is -2.44. The summed E-state index contributed by atoms with van der Waals surface area (Å²) >= 11 is 0. The second-order valence-corrected chi connectivity index (χ2v) is 3.50. The van der Waals surface area contributed by atoms with Crippen LogP contribution in [-0.4, -0.2) is 37.9 Å². The smallest absolute Gasteiger partial charge is 0.311 e. The van der Waals surface area contributed by atoms with Crippen LogP contribution in [0.15, 0.2) is 24.3 Å². The second-order valence-electron chi connectivity index (χ2n) is 3.50. The molecule has 0 spiro atoms. The largest absolute Gasteiger partial charge is 0.494 e. The highest BCUT2D eigenvalue weighted by molar-refractivity contribution is 5.69. The number of ether oxygens (including phenoxy) is 1. The van der Waals surface area contributed by atoms with Gasteiger partial charge in [0.1, 0.15) is 12.2 Å². The zero-order valence-electron chi connectivity index (χ0n) is 9.78. The normalized spacial score (nSPS) is 10.3. The Morgan fingerprint density at radius 1 is 1.39 bits per heavy atom. The maximum atomic E-state index is 10.7. The summed E-state index contributed by atoms with van der Waals surface area (Å²) in [6.07, 6.45) is -0.222. The maximum Gasteiger partial charge on any atom is 0.311 e. The third-order valence-corrected chi connectivity index (χ3v) is 2.24. The predicted octanol–water partition coefficient (Wildman–Crippen LogP) is 0.688. The fraction of sp³-hybridized carbons (Fsp3) is 0.273. The number of benzene rings is 1. The Bertz CT molecular complexity index is 535. The van der Waals surface area contributed by atoms with Gasteiger partial charge in [-0.25, -0.2) is 0 Å². The number of hydrogen-bond acceptors (Lipinski definition) is 5. The molecule has 0 saturated heterocycles. The molecule has 0 fully saturated rings. The minimum Gasteiger partial charge on any atom is -0.494 e. The molecule has 1 heterocycles. The van der Waals surface area contributed by atoms with E-state index in [4.69, 9.17) is 9.84 Å². The average molecular weight is 248 g/mol. The number of carboxylic acids is 1. The number of nitrogens with zero attached hydrogens (tertiary/aromatic N) is 4. The van der Waals surface area contributed by atoms with Crippen molar-refractivity contribution in [2.24, 2.45) is 0 Å². The summed E-state index contributed by atoms with van der Waals surface area (Å²) < 4.78 is 6.71. The van der Waals surface area contributed by atoms with Crippen LogP contribution in [0.3, 0.4) is 0 Å². The summed E-state index contributed by atoms with van der Waals surface area (Å²) in [5.74, 6) is 0.0535. The highest BCUT2D eigenvalue weighted by atomic mass is 16.5. The molecule has 0 amide bonds. The summed E-state index contributed by atoms with van der Waals surface area (Å²) in [6.45, 7) is 2.49. The van der Waals surface area contributed by atoms with Crippen molar-refractivity contribution in [3.05, 3.63) is 30.1 Å². The van der Waals surface area contributed by atoms with E-state index in [0.717, 1.165) is 5.75 Å². The molecule has 18 heavy (non-hydrogen) atoms. The molecule has 0 aliphatic carbocycles. The lowest BCUT2D eigenvalue weighted by molar-refractivity contribution is -0.136. The zero-order valence-corrected chi connectivity index (χ0v) is 9.78. The molecule has 0 radical (unpaired) electrons. The first kappa shape index (κ1) is 12.0. The van der Waals surface area contributed by atoms with Crippen molar-refractivity contribution >= 4 is 5.97 Å². The van der Waals surface area contributed by atoms with Gasteiger partial charge in [0.15, 0.2) is 5.82 Å². The minimum atomic E-state index is -0.975. The molecule has 7 nitrogen and oxygen atoms in total. The Morgan fingerprint density at radius 2 is 2.11 bits per heavy atom. The fourth-order valence-electron chi connectivity index (χ4n) is 1.50. The van der Waals surface area contributed by atoms with Gasteiger partial charge in [-0.1, -0.05) is 0 Å². The lowest BCUT2D eigenvalue weighted by atomic mass is 10.3. The first-order valence-corrected chi connectivity index (χ1v) is 5.43. The Kier molecular flexibility index (Phi) is 3.52. The van der Waals surface area contributed by atoms with Crippen LogP contribution >= 0.6 is 0 Å². The standard InChI is InChI=1S/C11H12N4O3/c1-2-18-9-5-3-8(4-6-9)15-10(7-11(16)17)12-13-14-15/h3-6H,2,7H2,1H3,(H,16,17). The summed E-state index contributed by atoms with van der Waals surface area (Å²) in [6, 6.07) is 7.11. The quantitative estimate of drug-likeness (QED) is 0.837. The molecule has 7 heteroatoms. The van der Waals surface area contributed by atoms with Crippen LogP contribution in [0, 0.1) is 0 Å². The van der Waals surface area contributed by atoms with Gasteiger partial charge in [0.05, 0.1) is 12.3 Å². The van der Waals surface area contributed by atoms with E-state index in [1.54, 1.807) is 24.3 Å². The molecule has 0 atom stereocenters. The maximum absolute atomic E-state index is 10.7. The van der Waals surface area contributed by atoms with Gasteiger partial charge >= 0.3 is 5.97 Å². The van der Waals surface area contributed by atoms with Crippen molar-refractivity contribution in [3.8, 4) is 11.4 Å². The summed E-state index contributed by atoms with van der Waals surface area (Å²) in [5.41, 5.74) is 0.694. The first-order chi connectivity index (χ1) is 8.70. The molecule has 1 aromatic carbocycles. The van der Waals surface area contributed by atoms with E-state index in [1.807, 2.05) is 6.92 Å². The van der Waals surface area contributed by atoms with E-state index in [-0.39, 0.29) is 12.2 Å². The van der Waals surface area contributed by atoms with Gasteiger partial charge < -0.3 is 9.84 Å². The van der Waals surface area contributed by atoms with Crippen molar-refractivity contribution in [1.82, 2.24) is 20.2 Å². The average Bonchev–Trinajstić information content (AvgIpc) is 2.78. The Labute approximate surface area is 103 Å². The number of aliphatic carboxylic acids is 1. The molecule has 2 rings (SSSR count). The summed E-state index contributed by atoms with van der Waals surface area (Å²) in [7, 11) is 0. The van der Waals surface area contributed by atoms with Crippen LogP contribution in [0.1, 0.15) is 12.7 Å². The molecule has 0 unspecified atom stereocenters. The zero-order chi connectivity index (χ0) is 13.0. The number of tetrazole rings is 1. The highest BCUT2D eigenvalue weighted by Crippen LogP contribution is 2.15. The molecule has 1 N–H and O–H groups in total. The minimum absolute atomic E-state index is 0.222. The molecule has 1 aromatic heterocycles. The van der Waals surface area contributed by atoms with E-state index in [0.29, 0.717) is 12.3 Å². The van der Waals surface area contributed by atoms with Crippen molar-refractivity contribution in [1.29, 1.82) is 0 Å². The van der Waals surface area contributed by atoms with Gasteiger partial charge in [-0.3, -0.25) is 4.79 Å². The molecule has 0 bridgehead atoms. The summed E-state index contributed by atoms with van der Waals surface area (Å²) in [4.78, 5) is 10.7. The number of hydrogen-bond donors (Lipinski definition) is 1. The van der Waals surface area contributed by atoms with Gasteiger partial charge in [0, 0.05) is 0 Å². The van der Waals surface area contributed by atoms with Gasteiger partial charge in [0.25, 0.3) is 0 Å². The lowest BCUT2D eigenvalue weighted by Gasteiger charge is -2.05. The van der Waals surface area contributed by atoms with E-state index in [9.17, 15) is 4.79 Å².